The Kier molecular flexibility index (Phi) is 7.06. The molecule has 0 aliphatic carbocycles. The van der Waals surface area contributed by atoms with E-state index in [9.17, 15) is 0 Å². The number of rotatable bonds is 4. The highest BCUT2D eigenvalue weighted by Crippen LogP contribution is 2.49. The number of aryl methyl sites for hydroxylation is 2. The molecule has 0 saturated carbocycles. The lowest BCUT2D eigenvalue weighted by atomic mass is 9.83. The molecule has 0 saturated heterocycles. The van der Waals surface area contributed by atoms with E-state index in [1.807, 2.05) is 0 Å². The average Bonchev–Trinajstić information content (AvgIpc) is 3.61. The first kappa shape index (κ1) is 31.6. The Labute approximate surface area is 319 Å². The van der Waals surface area contributed by atoms with Gasteiger partial charge in [0.2, 0.25) is 0 Å². The molecule has 0 bridgehead atoms. The van der Waals surface area contributed by atoms with Crippen LogP contribution in [0.2, 0.25) is 0 Å². The Morgan fingerprint density at radius 2 is 0.727 bits per heavy atom. The fourth-order valence-corrected chi connectivity index (χ4v) is 9.40. The van der Waals surface area contributed by atoms with Gasteiger partial charge in [-0.25, -0.2) is 0 Å². The first-order chi connectivity index (χ1) is 27.2. The summed E-state index contributed by atoms with van der Waals surface area (Å²) in [5.41, 5.74) is 14.2. The minimum absolute atomic E-state index is 0.890. The van der Waals surface area contributed by atoms with E-state index in [-0.39, 0.29) is 0 Å². The van der Waals surface area contributed by atoms with Crippen molar-refractivity contribution in [2.45, 2.75) is 13.8 Å². The van der Waals surface area contributed by atoms with E-state index in [1.165, 1.54) is 93.2 Å². The van der Waals surface area contributed by atoms with Gasteiger partial charge in [-0.3, -0.25) is 0 Å². The van der Waals surface area contributed by atoms with Crippen molar-refractivity contribution in [1.82, 2.24) is 0 Å². The maximum Gasteiger partial charge on any atom is 0.143 e. The Morgan fingerprint density at radius 1 is 0.291 bits per heavy atom. The molecule has 1 nitrogen and oxygen atoms in total. The van der Waals surface area contributed by atoms with Crippen molar-refractivity contribution in [2.24, 2.45) is 0 Å². The van der Waals surface area contributed by atoms with Gasteiger partial charge in [0.1, 0.15) is 11.2 Å². The minimum Gasteiger partial charge on any atom is -0.455 e. The lowest BCUT2D eigenvalue weighted by Gasteiger charge is -2.20. The van der Waals surface area contributed by atoms with Crippen molar-refractivity contribution in [3.05, 3.63) is 193 Å². The summed E-state index contributed by atoms with van der Waals surface area (Å²) < 4.78 is 6.93. The molecule has 0 atom stereocenters. The molecule has 10 aromatic carbocycles. The van der Waals surface area contributed by atoms with Crippen LogP contribution in [0.25, 0.3) is 110 Å². The van der Waals surface area contributed by atoms with Crippen LogP contribution in [-0.2, 0) is 0 Å². The number of hydrogen-bond acceptors (Lipinski definition) is 1. The summed E-state index contributed by atoms with van der Waals surface area (Å²) in [7, 11) is 0. The minimum atomic E-state index is 0.890. The largest absolute Gasteiger partial charge is 0.455 e. The Morgan fingerprint density at radius 3 is 1.27 bits per heavy atom. The van der Waals surface area contributed by atoms with Crippen LogP contribution in [0.5, 0.6) is 0 Å². The van der Waals surface area contributed by atoms with Gasteiger partial charge in [-0.2, -0.15) is 0 Å². The molecule has 0 aliphatic heterocycles. The van der Waals surface area contributed by atoms with Crippen molar-refractivity contribution < 1.29 is 4.42 Å². The number of hydrogen-bond donors (Lipinski definition) is 0. The molecule has 55 heavy (non-hydrogen) atoms. The lowest BCUT2D eigenvalue weighted by molar-refractivity contribution is 0.670. The van der Waals surface area contributed by atoms with Gasteiger partial charge < -0.3 is 4.42 Å². The van der Waals surface area contributed by atoms with Crippen molar-refractivity contribution in [1.29, 1.82) is 0 Å². The van der Waals surface area contributed by atoms with Crippen LogP contribution in [0.15, 0.2) is 186 Å². The smallest absolute Gasteiger partial charge is 0.143 e. The van der Waals surface area contributed by atoms with Gasteiger partial charge in [0.15, 0.2) is 0 Å². The molecule has 1 aromatic heterocycles. The quantitative estimate of drug-likeness (QED) is 0.167. The van der Waals surface area contributed by atoms with Crippen LogP contribution in [0.3, 0.4) is 0 Å². The van der Waals surface area contributed by atoms with Gasteiger partial charge in [0.25, 0.3) is 0 Å². The predicted octanol–water partition coefficient (Wildman–Crippen LogP) is 15.5. The maximum absolute atomic E-state index is 6.93. The van der Waals surface area contributed by atoms with E-state index in [1.54, 1.807) is 0 Å². The maximum atomic E-state index is 6.93. The van der Waals surface area contributed by atoms with E-state index in [0.29, 0.717) is 0 Å². The zero-order valence-corrected chi connectivity index (χ0v) is 30.7. The van der Waals surface area contributed by atoms with E-state index >= 15 is 0 Å². The lowest BCUT2D eigenvalue weighted by Crippen LogP contribution is -1.94. The summed E-state index contributed by atoms with van der Waals surface area (Å²) in [4.78, 5) is 0. The molecule has 1 heterocycles. The van der Waals surface area contributed by atoms with E-state index in [2.05, 4.69) is 196 Å². The van der Waals surface area contributed by atoms with Crippen LogP contribution >= 0.6 is 0 Å². The zero-order valence-electron chi connectivity index (χ0n) is 30.7. The van der Waals surface area contributed by atoms with Crippen molar-refractivity contribution in [2.75, 3.05) is 0 Å². The molecule has 11 aromatic rings. The van der Waals surface area contributed by atoms with Gasteiger partial charge in [0, 0.05) is 21.9 Å². The second kappa shape index (κ2) is 12.3. The third-order valence-corrected chi connectivity index (χ3v) is 11.7. The molecule has 0 aliphatic rings. The summed E-state index contributed by atoms with van der Waals surface area (Å²) in [5.74, 6) is 0. The molecule has 0 amide bonds. The van der Waals surface area contributed by atoms with Crippen molar-refractivity contribution >= 4 is 65.0 Å². The van der Waals surface area contributed by atoms with Crippen LogP contribution in [0, 0.1) is 13.8 Å². The fraction of sp³-hybridized carbons (Fsp3) is 0.0370. The molecule has 0 radical (unpaired) electrons. The molecule has 0 fully saturated rings. The highest BCUT2D eigenvalue weighted by molar-refractivity contribution is 6.26. The molecule has 1 heteroatoms. The highest BCUT2D eigenvalue weighted by Gasteiger charge is 2.22. The zero-order chi connectivity index (χ0) is 36.6. The van der Waals surface area contributed by atoms with Gasteiger partial charge in [-0.05, 0) is 114 Å². The van der Waals surface area contributed by atoms with E-state index < -0.39 is 0 Å². The molecular formula is C54H36O. The Bertz CT molecular complexity index is 3190. The summed E-state index contributed by atoms with van der Waals surface area (Å²) in [5, 5.41) is 12.2. The second-order valence-corrected chi connectivity index (χ2v) is 14.8. The van der Waals surface area contributed by atoms with Gasteiger partial charge in [-0.15, -0.1) is 0 Å². The van der Waals surface area contributed by atoms with Crippen LogP contribution in [0.1, 0.15) is 11.1 Å². The Balaban J connectivity index is 1.18. The molecule has 0 spiro atoms. The summed E-state index contributed by atoms with van der Waals surface area (Å²) in [6.07, 6.45) is 0. The molecule has 258 valence electrons. The molecule has 0 unspecified atom stereocenters. The van der Waals surface area contributed by atoms with E-state index in [4.69, 9.17) is 4.42 Å². The van der Waals surface area contributed by atoms with Crippen LogP contribution in [-0.4, -0.2) is 0 Å². The van der Waals surface area contributed by atoms with Crippen molar-refractivity contribution in [3.63, 3.8) is 0 Å². The fourth-order valence-electron chi connectivity index (χ4n) is 9.40. The first-order valence-electron chi connectivity index (χ1n) is 19.1. The molecule has 0 N–H and O–H groups in total. The average molecular weight is 701 g/mol. The van der Waals surface area contributed by atoms with Crippen molar-refractivity contribution in [3.8, 4) is 44.5 Å². The number of fused-ring (bicyclic) bond motifs is 7. The van der Waals surface area contributed by atoms with Gasteiger partial charge in [0.05, 0.1) is 0 Å². The monoisotopic (exact) mass is 700 g/mol. The summed E-state index contributed by atoms with van der Waals surface area (Å²) in [6.45, 7) is 4.46. The van der Waals surface area contributed by atoms with Crippen LogP contribution in [0.4, 0.5) is 0 Å². The normalized spacial score (nSPS) is 11.8. The third-order valence-electron chi connectivity index (χ3n) is 11.7. The first-order valence-corrected chi connectivity index (χ1v) is 19.1. The van der Waals surface area contributed by atoms with Crippen LogP contribution < -0.4 is 0 Å². The number of furan rings is 1. The summed E-state index contributed by atoms with van der Waals surface area (Å²) in [6, 6.07) is 66.3. The highest BCUT2D eigenvalue weighted by atomic mass is 16.3. The predicted molar refractivity (Wildman–Crippen MR) is 235 cm³/mol. The summed E-state index contributed by atoms with van der Waals surface area (Å²) >= 11 is 0. The van der Waals surface area contributed by atoms with Gasteiger partial charge in [-0.1, -0.05) is 170 Å². The van der Waals surface area contributed by atoms with E-state index in [0.717, 1.165) is 27.5 Å². The second-order valence-electron chi connectivity index (χ2n) is 14.8. The standard InChI is InChI=1S/C54H36O/c1-33-16-14-17-34(2)49(33)53-43-26-12-10-24-41(43)52(42-25-11-13-27-44(42)53)46-29-15-28-45-47-32-36(30-31-48(47)55-54(45)46)51-39-22-8-6-20-37(39)50(35-18-4-3-5-19-35)38-21-7-9-23-40(38)51/h3-32H,1-2H3. The third kappa shape index (κ3) is 4.73. The molecule has 11 rings (SSSR count). The number of benzene rings is 10. The SMILES string of the molecule is Cc1cccc(C)c1-c1c2ccccc2c(-c2cccc3c2oc2ccc(-c4c5ccccc5c(-c5ccccc5)c5ccccc45)cc23)c2ccccc12. The van der Waals surface area contributed by atoms with Gasteiger partial charge >= 0.3 is 0 Å². The molecular weight excluding hydrogens is 665 g/mol. The Hall–Kier alpha value is -6.96. The number of para-hydroxylation sites is 1. The topological polar surface area (TPSA) is 13.1 Å².